The Balaban J connectivity index is 1.84. The molecular weight excluding hydrogens is 644 g/mol. The van der Waals surface area contributed by atoms with Crippen molar-refractivity contribution in [3.05, 3.63) is 0 Å². The van der Waals surface area contributed by atoms with Crippen molar-refractivity contribution in [1.82, 2.24) is 10.6 Å². The minimum absolute atomic E-state index is 0.586. The maximum absolute atomic E-state index is 12.5. The van der Waals surface area contributed by atoms with E-state index in [9.17, 15) is 65.4 Å². The number of aliphatic carboxylic acids is 1. The van der Waals surface area contributed by atoms with Gasteiger partial charge in [0.1, 0.15) is 67.1 Å². The third kappa shape index (κ3) is 8.70. The normalized spacial score (nSPS) is 42.3. The van der Waals surface area contributed by atoms with E-state index in [-0.39, 0.29) is 0 Å². The van der Waals surface area contributed by atoms with Gasteiger partial charge in [-0.1, -0.05) is 0 Å². The summed E-state index contributed by atoms with van der Waals surface area (Å²) in [5, 5.41) is 108. The van der Waals surface area contributed by atoms with E-state index in [0.29, 0.717) is 0 Å². The Hall–Kier alpha value is -2.19. The summed E-state index contributed by atoms with van der Waals surface area (Å²) in [6.45, 7) is -0.504. The van der Waals surface area contributed by atoms with Crippen molar-refractivity contribution in [2.24, 2.45) is 0 Å². The summed E-state index contributed by atoms with van der Waals surface area (Å²) < 4.78 is 32.9. The zero-order valence-electron chi connectivity index (χ0n) is 25.6. The fraction of sp³-hybridized carbons (Fsp3) is 0.885. The predicted molar refractivity (Wildman–Crippen MR) is 146 cm³/mol. The molecule has 0 aromatic carbocycles. The van der Waals surface area contributed by atoms with Crippen LogP contribution < -0.4 is 10.6 Å². The van der Waals surface area contributed by atoms with Crippen molar-refractivity contribution in [3.63, 3.8) is 0 Å². The van der Waals surface area contributed by atoms with E-state index in [1.54, 1.807) is 0 Å². The lowest BCUT2D eigenvalue weighted by Crippen LogP contribution is -2.69. The molecule has 3 fully saturated rings. The van der Waals surface area contributed by atoms with Gasteiger partial charge in [-0.3, -0.25) is 9.59 Å². The predicted octanol–water partition coefficient (Wildman–Crippen LogP) is -7.43. The Morgan fingerprint density at radius 3 is 2.00 bits per heavy atom. The van der Waals surface area contributed by atoms with Gasteiger partial charge in [-0.2, -0.15) is 0 Å². The first kappa shape index (κ1) is 39.3. The topological polar surface area (TPSA) is 333 Å². The molecule has 12 N–H and O–H groups in total. The van der Waals surface area contributed by atoms with Gasteiger partial charge < -0.3 is 90.1 Å². The van der Waals surface area contributed by atoms with E-state index in [4.69, 9.17) is 28.4 Å². The molecule has 0 saturated carbocycles. The summed E-state index contributed by atoms with van der Waals surface area (Å²) >= 11 is 0. The first-order valence-corrected chi connectivity index (χ1v) is 14.6. The highest BCUT2D eigenvalue weighted by atomic mass is 16.8. The van der Waals surface area contributed by atoms with E-state index in [2.05, 4.69) is 10.6 Å². The summed E-state index contributed by atoms with van der Waals surface area (Å²) in [4.78, 5) is 35.9. The van der Waals surface area contributed by atoms with E-state index in [1.807, 2.05) is 0 Å². The molecule has 0 spiro atoms. The average Bonchev–Trinajstić information content (AvgIpc) is 3.02. The number of amides is 2. The van der Waals surface area contributed by atoms with Crippen LogP contribution in [0.25, 0.3) is 0 Å². The number of carboxylic acids is 1. The van der Waals surface area contributed by atoms with Crippen molar-refractivity contribution in [3.8, 4) is 0 Å². The maximum Gasteiger partial charge on any atom is 0.364 e. The molecule has 3 aliphatic rings. The number of carbonyl (C=O) groups excluding carboxylic acids is 2. The zero-order valence-corrected chi connectivity index (χ0v) is 25.6. The Kier molecular flexibility index (Phi) is 13.8. The third-order valence-electron chi connectivity index (χ3n) is 8.08. The van der Waals surface area contributed by atoms with E-state index in [1.165, 1.54) is 7.11 Å². The smallest absolute Gasteiger partial charge is 0.364 e. The summed E-state index contributed by atoms with van der Waals surface area (Å²) in [5.74, 6) is -5.99. The molecule has 0 bridgehead atoms. The van der Waals surface area contributed by atoms with E-state index >= 15 is 0 Å². The Morgan fingerprint density at radius 1 is 0.872 bits per heavy atom. The van der Waals surface area contributed by atoms with Crippen molar-refractivity contribution < 1.29 is 93.9 Å². The molecule has 5 unspecified atom stereocenters. The fourth-order valence-corrected chi connectivity index (χ4v) is 5.64. The number of nitrogens with one attached hydrogen (secondary N) is 2. The number of hydrogen-bond donors (Lipinski definition) is 12. The second-order valence-electron chi connectivity index (χ2n) is 11.5. The Labute approximate surface area is 267 Å². The van der Waals surface area contributed by atoms with Crippen molar-refractivity contribution in [2.75, 3.05) is 26.9 Å². The second kappa shape index (κ2) is 16.5. The average molecular weight is 689 g/mol. The molecule has 21 nitrogen and oxygen atoms in total. The summed E-state index contributed by atoms with van der Waals surface area (Å²) in [6, 6.07) is -2.71. The molecule has 0 aromatic rings. The number of carbonyl (C=O) groups is 3. The lowest BCUT2D eigenvalue weighted by atomic mass is 9.88. The van der Waals surface area contributed by atoms with Crippen LogP contribution in [0.15, 0.2) is 0 Å². The van der Waals surface area contributed by atoms with Crippen LogP contribution in [0.5, 0.6) is 0 Å². The van der Waals surface area contributed by atoms with Gasteiger partial charge in [0, 0.05) is 27.4 Å². The minimum atomic E-state index is -2.83. The maximum atomic E-state index is 12.5. The van der Waals surface area contributed by atoms with Gasteiger partial charge in [0.05, 0.1) is 32.0 Å². The van der Waals surface area contributed by atoms with Gasteiger partial charge in [0.2, 0.25) is 11.8 Å². The SMILES string of the molecule is CO[C@@H]1OC(CO)[C@@H](O[C@@H]2OC(CO[C@]3(C(=O)O)C[C@@H](O)[C@@H](NC(C)=O)C([C@H](O)[C@H](O)CO)O3)[C@H](O)C(O)[C@@H]2O)C(O)[C@@H]1NC(C)=O. The first-order chi connectivity index (χ1) is 22.0. The van der Waals surface area contributed by atoms with Crippen molar-refractivity contribution in [2.45, 2.75) is 118 Å². The number of methoxy groups -OCH3 is 1. The van der Waals surface area contributed by atoms with Crippen LogP contribution >= 0.6 is 0 Å². The van der Waals surface area contributed by atoms with Gasteiger partial charge in [0.15, 0.2) is 12.6 Å². The molecule has 3 saturated heterocycles. The monoisotopic (exact) mass is 688 g/mol. The standard InChI is InChI=1S/C26H44N2O19/c1-8(31)27-14-10(33)4-26(25(40)41,47-22(14)16(35)11(34)5-29)43-7-13-17(36)19(38)20(39)24(45-13)46-21-12(6-30)44-23(42-3)15(18(21)37)28-9(2)32/h10-24,29-30,33-39H,4-7H2,1-3H3,(H,27,31)(H,28,32)(H,40,41)/t10-,11-,12?,13?,14-,15+,16-,17+,18?,19?,20+,21-,22?,23-,24+,26-/m1/s1. The molecular formula is C26H44N2O19. The lowest BCUT2D eigenvalue weighted by molar-refractivity contribution is -0.359. The van der Waals surface area contributed by atoms with Crippen LogP contribution in [-0.4, -0.2) is 193 Å². The number of rotatable bonds is 13. The number of ether oxygens (including phenoxy) is 6. The number of carboxylic acid groups (broad SMARTS) is 1. The van der Waals surface area contributed by atoms with Gasteiger partial charge in [0.25, 0.3) is 5.79 Å². The largest absolute Gasteiger partial charge is 0.477 e. The molecule has 3 aliphatic heterocycles. The highest BCUT2D eigenvalue weighted by molar-refractivity contribution is 5.76. The number of hydrogen-bond acceptors (Lipinski definition) is 18. The van der Waals surface area contributed by atoms with Gasteiger partial charge in [-0.25, -0.2) is 4.79 Å². The highest BCUT2D eigenvalue weighted by Gasteiger charge is 2.57. The molecule has 0 radical (unpaired) electrons. The molecule has 2 amide bonds. The van der Waals surface area contributed by atoms with Gasteiger partial charge in [-0.15, -0.1) is 0 Å². The lowest BCUT2D eigenvalue weighted by Gasteiger charge is -2.48. The minimum Gasteiger partial charge on any atom is -0.477 e. The van der Waals surface area contributed by atoms with Crippen LogP contribution in [0.2, 0.25) is 0 Å². The quantitative estimate of drug-likeness (QED) is 0.0854. The fourth-order valence-electron chi connectivity index (χ4n) is 5.64. The first-order valence-electron chi connectivity index (χ1n) is 14.6. The van der Waals surface area contributed by atoms with Crippen LogP contribution in [0, 0.1) is 0 Å². The van der Waals surface area contributed by atoms with Crippen LogP contribution in [0.3, 0.4) is 0 Å². The van der Waals surface area contributed by atoms with Crippen LogP contribution in [0.1, 0.15) is 20.3 Å². The zero-order chi connectivity index (χ0) is 35.4. The van der Waals surface area contributed by atoms with E-state index in [0.717, 1.165) is 13.8 Å². The highest BCUT2D eigenvalue weighted by Crippen LogP contribution is 2.35. The summed E-state index contributed by atoms with van der Waals surface area (Å²) in [5.41, 5.74) is 0. The summed E-state index contributed by atoms with van der Waals surface area (Å²) in [6.07, 6.45) is -23.8. The summed E-state index contributed by atoms with van der Waals surface area (Å²) in [7, 11) is 1.22. The molecule has 47 heavy (non-hydrogen) atoms. The van der Waals surface area contributed by atoms with Gasteiger partial charge >= 0.3 is 5.97 Å². The van der Waals surface area contributed by atoms with Crippen molar-refractivity contribution in [1.29, 1.82) is 0 Å². The molecule has 3 rings (SSSR count). The Bertz CT molecular complexity index is 1070. The molecule has 3 heterocycles. The molecule has 0 aromatic heterocycles. The molecule has 272 valence electrons. The van der Waals surface area contributed by atoms with Crippen molar-refractivity contribution >= 4 is 17.8 Å². The molecule has 21 heteroatoms. The van der Waals surface area contributed by atoms with Crippen LogP contribution in [0.4, 0.5) is 0 Å². The van der Waals surface area contributed by atoms with Gasteiger partial charge in [-0.05, 0) is 0 Å². The van der Waals surface area contributed by atoms with E-state index < -0.39 is 142 Å². The molecule has 16 atom stereocenters. The number of aliphatic hydroxyl groups excluding tert-OH is 9. The second-order valence-corrected chi connectivity index (χ2v) is 11.5. The Morgan fingerprint density at radius 2 is 1.47 bits per heavy atom. The third-order valence-corrected chi connectivity index (χ3v) is 8.08. The van der Waals surface area contributed by atoms with Crippen LogP contribution in [-0.2, 0) is 42.8 Å². The number of aliphatic hydroxyl groups is 9. The molecule has 0 aliphatic carbocycles.